The highest BCUT2D eigenvalue weighted by molar-refractivity contribution is 7.80. The molecular formula is C29H39N3O5S. The van der Waals surface area contributed by atoms with Crippen molar-refractivity contribution in [3.05, 3.63) is 59.2 Å². The van der Waals surface area contributed by atoms with Crippen LogP contribution in [0, 0.1) is 13.8 Å². The molecule has 0 saturated heterocycles. The van der Waals surface area contributed by atoms with Crippen LogP contribution in [0.15, 0.2) is 42.5 Å². The van der Waals surface area contributed by atoms with E-state index < -0.39 is 23.8 Å². The van der Waals surface area contributed by atoms with Crippen molar-refractivity contribution in [3.63, 3.8) is 0 Å². The fourth-order valence-electron chi connectivity index (χ4n) is 4.49. The van der Waals surface area contributed by atoms with Gasteiger partial charge in [0.25, 0.3) is 5.91 Å². The summed E-state index contributed by atoms with van der Waals surface area (Å²) >= 11 is 4.36. The third kappa shape index (κ3) is 7.66. The van der Waals surface area contributed by atoms with Gasteiger partial charge in [0.2, 0.25) is 5.91 Å². The summed E-state index contributed by atoms with van der Waals surface area (Å²) in [5.74, 6) is 0.0196. The zero-order valence-corrected chi connectivity index (χ0v) is 23.9. The second-order valence-corrected chi connectivity index (χ2v) is 11.1. The molecular weight excluding hydrogens is 502 g/mol. The maximum absolute atomic E-state index is 14.0. The van der Waals surface area contributed by atoms with Crippen LogP contribution in [0.3, 0.4) is 0 Å². The number of anilines is 1. The smallest absolute Gasteiger partial charge is 0.408 e. The molecule has 206 valence electrons. The quantitative estimate of drug-likeness (QED) is 0.380. The molecule has 2 aromatic rings. The summed E-state index contributed by atoms with van der Waals surface area (Å²) in [7, 11) is 1.58. The Morgan fingerprint density at radius 1 is 1.05 bits per heavy atom. The van der Waals surface area contributed by atoms with Gasteiger partial charge in [-0.05, 0) is 83.7 Å². The molecule has 1 aliphatic carbocycles. The molecule has 1 saturated carbocycles. The third-order valence-corrected chi connectivity index (χ3v) is 6.70. The lowest BCUT2D eigenvalue weighted by molar-refractivity contribution is -0.145. The average molecular weight is 542 g/mol. The van der Waals surface area contributed by atoms with E-state index in [1.807, 2.05) is 32.0 Å². The third-order valence-electron chi connectivity index (χ3n) is 6.34. The van der Waals surface area contributed by atoms with E-state index in [2.05, 4.69) is 23.3 Å². The van der Waals surface area contributed by atoms with E-state index in [1.54, 1.807) is 57.0 Å². The van der Waals surface area contributed by atoms with Crippen molar-refractivity contribution in [1.29, 1.82) is 0 Å². The van der Waals surface area contributed by atoms with Crippen molar-refractivity contribution in [2.45, 2.75) is 77.6 Å². The van der Waals surface area contributed by atoms with Crippen LogP contribution in [0.2, 0.25) is 0 Å². The molecule has 3 amide bonds. The molecule has 0 bridgehead atoms. The zero-order chi connectivity index (χ0) is 28.0. The van der Waals surface area contributed by atoms with Crippen molar-refractivity contribution in [3.8, 4) is 5.75 Å². The van der Waals surface area contributed by atoms with Crippen molar-refractivity contribution >= 4 is 36.2 Å². The number of hydrogen-bond donors (Lipinski definition) is 3. The largest absolute Gasteiger partial charge is 0.497 e. The molecule has 0 aromatic heterocycles. The number of thiol groups is 1. The Balaban J connectivity index is 2.00. The molecule has 0 spiro atoms. The van der Waals surface area contributed by atoms with E-state index in [0.717, 1.165) is 30.4 Å². The van der Waals surface area contributed by atoms with Crippen LogP contribution < -0.4 is 15.4 Å². The van der Waals surface area contributed by atoms with Crippen molar-refractivity contribution in [2.24, 2.45) is 0 Å². The van der Waals surface area contributed by atoms with Gasteiger partial charge in [-0.3, -0.25) is 9.59 Å². The molecule has 38 heavy (non-hydrogen) atoms. The number of carbonyl (C=O) groups is 3. The minimum atomic E-state index is -0.962. The number of benzene rings is 2. The number of aryl methyl sites for hydroxylation is 2. The minimum absolute atomic E-state index is 0.0565. The predicted octanol–water partition coefficient (Wildman–Crippen LogP) is 5.20. The normalized spacial score (nSPS) is 15.0. The molecule has 3 rings (SSSR count). The highest BCUT2D eigenvalue weighted by Gasteiger charge is 2.42. The van der Waals surface area contributed by atoms with Crippen LogP contribution in [-0.4, -0.2) is 53.4 Å². The Morgan fingerprint density at radius 3 is 2.13 bits per heavy atom. The number of methoxy groups -OCH3 is 1. The van der Waals surface area contributed by atoms with Crippen molar-refractivity contribution in [1.82, 2.24) is 10.2 Å². The zero-order valence-electron chi connectivity index (χ0n) is 23.0. The standard InChI is InChI=1S/C29H39N3O5S/c1-18-14-19(2)16-20(15-18)25(26(33)30-21-10-12-23(36-6)13-11-21)32(22-8-7-9-22)27(34)24(17-38)31-28(35)37-29(3,4)5/h10-16,22,24-25,38H,7-9,17H2,1-6H3,(H,30,33)(H,31,35). The lowest BCUT2D eigenvalue weighted by Crippen LogP contribution is -2.57. The number of amides is 3. The first-order valence-corrected chi connectivity index (χ1v) is 13.5. The predicted molar refractivity (Wildman–Crippen MR) is 152 cm³/mol. The van der Waals surface area contributed by atoms with Crippen LogP contribution in [0.25, 0.3) is 0 Å². The molecule has 1 aliphatic rings. The maximum atomic E-state index is 14.0. The number of hydrogen-bond acceptors (Lipinski definition) is 6. The van der Waals surface area contributed by atoms with Gasteiger partial charge in [0.05, 0.1) is 7.11 Å². The fraction of sp³-hybridized carbons (Fsp3) is 0.483. The average Bonchev–Trinajstić information content (AvgIpc) is 2.79. The first kappa shape index (κ1) is 29.4. The summed E-state index contributed by atoms with van der Waals surface area (Å²) in [6.07, 6.45) is 1.80. The van der Waals surface area contributed by atoms with Crippen LogP contribution in [0.5, 0.6) is 5.75 Å². The molecule has 2 N–H and O–H groups in total. The molecule has 0 heterocycles. The van der Waals surface area contributed by atoms with Gasteiger partial charge in [-0.15, -0.1) is 0 Å². The number of nitrogens with zero attached hydrogens (tertiary/aromatic N) is 1. The van der Waals surface area contributed by atoms with Gasteiger partial charge < -0.3 is 25.0 Å². The second-order valence-electron chi connectivity index (χ2n) is 10.8. The van der Waals surface area contributed by atoms with E-state index in [9.17, 15) is 14.4 Å². The van der Waals surface area contributed by atoms with E-state index in [4.69, 9.17) is 9.47 Å². The Kier molecular flexibility index (Phi) is 9.71. The van der Waals surface area contributed by atoms with Crippen molar-refractivity contribution < 1.29 is 23.9 Å². The number of carbonyl (C=O) groups excluding carboxylic acids is 3. The first-order valence-electron chi connectivity index (χ1n) is 12.9. The number of rotatable bonds is 9. The number of nitrogens with one attached hydrogen (secondary N) is 2. The lowest BCUT2D eigenvalue weighted by Gasteiger charge is -2.43. The molecule has 2 unspecified atom stereocenters. The van der Waals surface area contributed by atoms with Gasteiger partial charge in [-0.25, -0.2) is 4.79 Å². The lowest BCUT2D eigenvalue weighted by atomic mass is 9.87. The van der Waals surface area contributed by atoms with Gasteiger partial charge in [0, 0.05) is 17.5 Å². The van der Waals surface area contributed by atoms with Crippen molar-refractivity contribution in [2.75, 3.05) is 18.2 Å². The molecule has 1 fully saturated rings. The summed E-state index contributed by atoms with van der Waals surface area (Å²) < 4.78 is 10.6. The molecule has 2 aromatic carbocycles. The Hall–Kier alpha value is -3.20. The summed E-state index contributed by atoms with van der Waals surface area (Å²) in [6, 6.07) is 10.9. The Bertz CT molecular complexity index is 1120. The molecule has 9 heteroatoms. The Morgan fingerprint density at radius 2 is 1.66 bits per heavy atom. The van der Waals surface area contributed by atoms with E-state index in [1.165, 1.54) is 0 Å². The van der Waals surface area contributed by atoms with Crippen LogP contribution in [0.1, 0.15) is 62.8 Å². The maximum Gasteiger partial charge on any atom is 0.408 e. The SMILES string of the molecule is COc1ccc(NC(=O)C(c2cc(C)cc(C)c2)N(C(=O)C(CS)NC(=O)OC(C)(C)C)C2CCC2)cc1. The fourth-order valence-corrected chi connectivity index (χ4v) is 4.74. The summed E-state index contributed by atoms with van der Waals surface area (Å²) in [6.45, 7) is 9.19. The van der Waals surface area contributed by atoms with E-state index in [-0.39, 0.29) is 23.6 Å². The monoisotopic (exact) mass is 541 g/mol. The minimum Gasteiger partial charge on any atom is -0.497 e. The second kappa shape index (κ2) is 12.6. The molecule has 8 nitrogen and oxygen atoms in total. The van der Waals surface area contributed by atoms with Gasteiger partial charge in [0.15, 0.2) is 0 Å². The van der Waals surface area contributed by atoms with Gasteiger partial charge in [-0.2, -0.15) is 12.6 Å². The number of alkyl carbamates (subject to hydrolysis) is 1. The van der Waals surface area contributed by atoms with E-state index in [0.29, 0.717) is 17.0 Å². The van der Waals surface area contributed by atoms with Crippen LogP contribution in [-0.2, 0) is 14.3 Å². The van der Waals surface area contributed by atoms with Gasteiger partial charge >= 0.3 is 6.09 Å². The van der Waals surface area contributed by atoms with E-state index >= 15 is 0 Å². The Labute approximate surface area is 230 Å². The van der Waals surface area contributed by atoms with Crippen LogP contribution >= 0.6 is 12.6 Å². The van der Waals surface area contributed by atoms with Gasteiger partial charge in [0.1, 0.15) is 23.4 Å². The summed E-state index contributed by atoms with van der Waals surface area (Å²) in [5, 5.41) is 5.64. The highest BCUT2D eigenvalue weighted by Crippen LogP contribution is 2.35. The highest BCUT2D eigenvalue weighted by atomic mass is 32.1. The van der Waals surface area contributed by atoms with Crippen LogP contribution in [0.4, 0.5) is 10.5 Å². The topological polar surface area (TPSA) is 97.0 Å². The number of ether oxygens (including phenoxy) is 2. The first-order chi connectivity index (χ1) is 17.9. The molecule has 0 aliphatic heterocycles. The molecule has 0 radical (unpaired) electrons. The summed E-state index contributed by atoms with van der Waals surface area (Å²) in [5.41, 5.74) is 2.55. The summed E-state index contributed by atoms with van der Waals surface area (Å²) in [4.78, 5) is 42.2. The van der Waals surface area contributed by atoms with Gasteiger partial charge in [-0.1, -0.05) is 29.3 Å². The molecule has 2 atom stereocenters.